The van der Waals surface area contributed by atoms with Crippen LogP contribution >= 0.6 is 12.2 Å². The second-order valence-corrected chi connectivity index (χ2v) is 13.5. The van der Waals surface area contributed by atoms with E-state index in [1.165, 1.54) is 6.08 Å². The van der Waals surface area contributed by atoms with E-state index in [1.807, 2.05) is 0 Å². The van der Waals surface area contributed by atoms with Crippen LogP contribution in [0.5, 0.6) is 0 Å². The number of aliphatic hydroxyl groups is 1. The van der Waals surface area contributed by atoms with Crippen LogP contribution in [0.2, 0.25) is 0 Å². The molecule has 44 heavy (non-hydrogen) atoms. The van der Waals surface area contributed by atoms with Gasteiger partial charge in [0, 0.05) is 74.2 Å². The van der Waals surface area contributed by atoms with Crippen molar-refractivity contribution >= 4 is 33.0 Å². The number of carbonyl (C=O) groups excluding carboxylic acids is 1. The Morgan fingerprint density at radius 3 is 2.32 bits per heavy atom. The molecule has 0 aromatic carbocycles. The van der Waals surface area contributed by atoms with Crippen molar-refractivity contribution in [3.63, 3.8) is 0 Å². The number of thiocarbonyl (C=S) groups is 1. The standard InChI is InChI=1S/C25H31F6N7O4S2/c1-14(2)19-20(39)33-5-7-37(19)12-22(21-34-10-15(11-35-21)23(40,24(26,27)28)25(29,30)31)13-38(8-6-36-22)44(41,42)18-9-16(32)3-4-17(18)43/h3,9-11,14,19,36,40H,4-8,12-13,32H2,1-2H3,(H,33,39)/t19-,22-/m0/s1. The molecule has 2 saturated heterocycles. The molecule has 0 bridgehead atoms. The molecule has 1 amide bonds. The molecule has 4 rings (SSSR count). The summed E-state index contributed by atoms with van der Waals surface area (Å²) in [4.78, 5) is 22.1. The van der Waals surface area contributed by atoms with E-state index in [1.54, 1.807) is 24.8 Å². The molecular formula is C25H31F6N7O4S2. The normalized spacial score (nSPS) is 25.1. The Hall–Kier alpha value is -2.71. The first-order chi connectivity index (χ1) is 20.2. The van der Waals surface area contributed by atoms with Crippen LogP contribution in [0.3, 0.4) is 0 Å². The number of sulfonamides is 1. The molecule has 11 nitrogen and oxygen atoms in total. The highest BCUT2D eigenvalue weighted by Gasteiger charge is 2.72. The highest BCUT2D eigenvalue weighted by atomic mass is 32.2. The Labute approximate surface area is 254 Å². The highest BCUT2D eigenvalue weighted by molar-refractivity contribution is 7.96. The zero-order valence-electron chi connectivity index (χ0n) is 23.5. The summed E-state index contributed by atoms with van der Waals surface area (Å²) in [5.41, 5.74) is -2.54. The van der Waals surface area contributed by atoms with Gasteiger partial charge in [-0.2, -0.15) is 30.6 Å². The maximum atomic E-state index is 13.8. The van der Waals surface area contributed by atoms with E-state index in [9.17, 15) is 44.7 Å². The van der Waals surface area contributed by atoms with E-state index in [2.05, 4.69) is 20.6 Å². The Kier molecular flexibility index (Phi) is 9.24. The minimum absolute atomic E-state index is 0.0306. The number of nitrogens with two attached hydrogens (primary N) is 1. The van der Waals surface area contributed by atoms with Crippen molar-refractivity contribution in [2.45, 2.75) is 49.8 Å². The summed E-state index contributed by atoms with van der Waals surface area (Å²) in [6.45, 7) is 3.41. The first-order valence-corrected chi connectivity index (χ1v) is 15.3. The van der Waals surface area contributed by atoms with Crippen molar-refractivity contribution in [3.05, 3.63) is 46.5 Å². The minimum Gasteiger partial charge on any atom is -0.399 e. The molecule has 5 N–H and O–H groups in total. The lowest BCUT2D eigenvalue weighted by atomic mass is 9.90. The Morgan fingerprint density at radius 1 is 1.14 bits per heavy atom. The molecule has 3 heterocycles. The zero-order valence-corrected chi connectivity index (χ0v) is 25.2. The number of rotatable bonds is 7. The summed E-state index contributed by atoms with van der Waals surface area (Å²) >= 11 is 5.27. The lowest BCUT2D eigenvalue weighted by Gasteiger charge is -2.47. The molecule has 0 spiro atoms. The van der Waals surface area contributed by atoms with Gasteiger partial charge in [0.25, 0.3) is 5.60 Å². The fourth-order valence-electron chi connectivity index (χ4n) is 5.58. The average Bonchev–Trinajstić information content (AvgIpc) is 2.92. The molecule has 0 saturated carbocycles. The second kappa shape index (κ2) is 11.9. The summed E-state index contributed by atoms with van der Waals surface area (Å²) in [5.74, 6) is -0.883. The maximum Gasteiger partial charge on any atom is 0.430 e. The van der Waals surface area contributed by atoms with Gasteiger partial charge in [-0.1, -0.05) is 32.1 Å². The lowest BCUT2D eigenvalue weighted by molar-refractivity contribution is -0.376. The van der Waals surface area contributed by atoms with Crippen molar-refractivity contribution in [1.82, 2.24) is 29.8 Å². The van der Waals surface area contributed by atoms with Gasteiger partial charge in [0.15, 0.2) is 5.82 Å². The van der Waals surface area contributed by atoms with Crippen molar-refractivity contribution in [2.24, 2.45) is 11.7 Å². The first-order valence-electron chi connectivity index (χ1n) is 13.4. The number of carbonyl (C=O) groups is 1. The number of amides is 1. The number of piperazine rings is 2. The van der Waals surface area contributed by atoms with Crippen LogP contribution in [0.15, 0.2) is 35.1 Å². The molecule has 244 valence electrons. The number of allylic oxidation sites excluding steroid dienone is 3. The van der Waals surface area contributed by atoms with Gasteiger partial charge in [-0.15, -0.1) is 0 Å². The van der Waals surface area contributed by atoms with E-state index in [4.69, 9.17) is 18.0 Å². The fourth-order valence-corrected chi connectivity index (χ4v) is 7.69. The van der Waals surface area contributed by atoms with Crippen LogP contribution in [0.1, 0.15) is 31.7 Å². The van der Waals surface area contributed by atoms with Gasteiger partial charge in [0.05, 0.1) is 10.9 Å². The third kappa shape index (κ3) is 6.09. The van der Waals surface area contributed by atoms with Gasteiger partial charge in [0.2, 0.25) is 15.9 Å². The summed E-state index contributed by atoms with van der Waals surface area (Å²) < 4.78 is 110. The summed E-state index contributed by atoms with van der Waals surface area (Å²) in [6.07, 6.45) is -9.01. The predicted octanol–water partition coefficient (Wildman–Crippen LogP) is 1.18. The molecule has 0 radical (unpaired) electrons. The van der Waals surface area contributed by atoms with E-state index >= 15 is 0 Å². The molecule has 1 aromatic rings. The average molecular weight is 672 g/mol. The zero-order chi connectivity index (χ0) is 32.9. The number of aromatic nitrogens is 2. The van der Waals surface area contributed by atoms with Crippen molar-refractivity contribution < 1.29 is 44.7 Å². The Balaban J connectivity index is 1.81. The van der Waals surface area contributed by atoms with Gasteiger partial charge in [-0.3, -0.25) is 9.69 Å². The van der Waals surface area contributed by atoms with E-state index in [-0.39, 0.29) is 78.1 Å². The smallest absolute Gasteiger partial charge is 0.399 e. The second-order valence-electron chi connectivity index (χ2n) is 11.1. The number of alkyl halides is 6. The van der Waals surface area contributed by atoms with Crippen LogP contribution < -0.4 is 16.4 Å². The molecule has 2 aliphatic heterocycles. The van der Waals surface area contributed by atoms with Gasteiger partial charge < -0.3 is 21.5 Å². The number of nitrogens with zero attached hydrogens (tertiary/aromatic N) is 4. The van der Waals surface area contributed by atoms with Crippen LogP contribution in [0, 0.1) is 5.92 Å². The maximum absolute atomic E-state index is 13.8. The molecule has 3 aliphatic rings. The number of nitrogens with one attached hydrogen (secondary N) is 2. The monoisotopic (exact) mass is 671 g/mol. The number of halogens is 6. The molecule has 2 fully saturated rings. The van der Waals surface area contributed by atoms with Crippen molar-refractivity contribution in [1.29, 1.82) is 0 Å². The first kappa shape index (κ1) is 34.2. The third-order valence-electron chi connectivity index (χ3n) is 7.77. The summed E-state index contributed by atoms with van der Waals surface area (Å²) in [6, 6.07) is -0.701. The molecule has 2 atom stereocenters. The van der Waals surface area contributed by atoms with Crippen molar-refractivity contribution in [2.75, 3.05) is 39.3 Å². The van der Waals surface area contributed by atoms with Crippen LogP contribution in [0.25, 0.3) is 0 Å². The topological polar surface area (TPSA) is 154 Å². The fraction of sp³-hybridized carbons (Fsp3) is 0.600. The minimum atomic E-state index is -6.16. The van der Waals surface area contributed by atoms with E-state index in [0.29, 0.717) is 6.54 Å². The van der Waals surface area contributed by atoms with E-state index in [0.717, 1.165) is 4.31 Å². The predicted molar refractivity (Wildman–Crippen MR) is 149 cm³/mol. The highest BCUT2D eigenvalue weighted by Crippen LogP contribution is 2.49. The number of hydrogen-bond acceptors (Lipinski definition) is 10. The molecule has 1 aliphatic carbocycles. The third-order valence-corrected chi connectivity index (χ3v) is 10.2. The Morgan fingerprint density at radius 2 is 1.75 bits per heavy atom. The summed E-state index contributed by atoms with van der Waals surface area (Å²) in [5, 5.41) is 15.7. The van der Waals surface area contributed by atoms with Gasteiger partial charge in [-0.05, 0) is 12.0 Å². The van der Waals surface area contributed by atoms with Gasteiger partial charge in [0.1, 0.15) is 5.54 Å². The molecule has 19 heteroatoms. The molecule has 1 aromatic heterocycles. The van der Waals surface area contributed by atoms with E-state index < -0.39 is 51.7 Å². The summed E-state index contributed by atoms with van der Waals surface area (Å²) in [7, 11) is -4.30. The largest absolute Gasteiger partial charge is 0.430 e. The number of hydrogen-bond donors (Lipinski definition) is 4. The van der Waals surface area contributed by atoms with Crippen LogP contribution in [0.4, 0.5) is 26.3 Å². The SMILES string of the molecule is CC(C)[C@H]1C(=O)NCCN1C[C@@]1(c2ncc(C(O)(C(F)(F)F)C(F)(F)F)cn2)CN(S(=O)(=O)C2=CC(N)=CCC2=S)CCN1. The lowest BCUT2D eigenvalue weighted by Crippen LogP contribution is -2.68. The van der Waals surface area contributed by atoms with Crippen LogP contribution in [-0.2, 0) is 26.0 Å². The quantitative estimate of drug-likeness (QED) is 0.246. The molecule has 0 unspecified atom stereocenters. The Bertz CT molecular complexity index is 1450. The van der Waals surface area contributed by atoms with Crippen molar-refractivity contribution in [3.8, 4) is 0 Å². The van der Waals surface area contributed by atoms with Gasteiger partial charge in [-0.25, -0.2) is 18.4 Å². The van der Waals surface area contributed by atoms with Crippen LogP contribution in [-0.4, -0.2) is 101 Å². The van der Waals surface area contributed by atoms with Gasteiger partial charge >= 0.3 is 12.4 Å². The molecular weight excluding hydrogens is 640 g/mol.